The summed E-state index contributed by atoms with van der Waals surface area (Å²) in [6.45, 7) is 8.26. The van der Waals surface area contributed by atoms with Gasteiger partial charge in [0.2, 0.25) is 0 Å². The van der Waals surface area contributed by atoms with Crippen LogP contribution in [0.25, 0.3) is 0 Å². The number of ether oxygens (including phenoxy) is 1. The van der Waals surface area contributed by atoms with Crippen LogP contribution >= 0.6 is 11.6 Å². The molecule has 0 saturated carbocycles. The minimum atomic E-state index is 0.267. The van der Waals surface area contributed by atoms with E-state index in [0.29, 0.717) is 30.7 Å². The monoisotopic (exact) mass is 271 g/mol. The van der Waals surface area contributed by atoms with E-state index >= 15 is 0 Å². The van der Waals surface area contributed by atoms with E-state index in [2.05, 4.69) is 19.2 Å². The van der Waals surface area contributed by atoms with Crippen LogP contribution in [0.15, 0.2) is 18.2 Å². The molecule has 0 aliphatic rings. The van der Waals surface area contributed by atoms with Gasteiger partial charge in [-0.05, 0) is 31.0 Å². The van der Waals surface area contributed by atoms with Crippen LogP contribution in [0.2, 0.25) is 5.02 Å². The summed E-state index contributed by atoms with van der Waals surface area (Å²) >= 11 is 5.91. The molecule has 3 nitrogen and oxygen atoms in total. The van der Waals surface area contributed by atoms with E-state index in [1.807, 2.05) is 6.92 Å². The fraction of sp³-hybridized carbons (Fsp3) is 0.571. The Morgan fingerprint density at radius 1 is 1.39 bits per heavy atom. The van der Waals surface area contributed by atoms with Gasteiger partial charge < -0.3 is 15.2 Å². The Labute approximate surface area is 114 Å². The molecule has 0 heterocycles. The summed E-state index contributed by atoms with van der Waals surface area (Å²) in [5, 5.41) is 13.8. The molecule has 1 unspecified atom stereocenters. The van der Waals surface area contributed by atoms with Gasteiger partial charge in [-0.3, -0.25) is 0 Å². The van der Waals surface area contributed by atoms with Crippen molar-refractivity contribution in [1.29, 1.82) is 0 Å². The Bertz CT molecular complexity index is 369. The summed E-state index contributed by atoms with van der Waals surface area (Å²) in [6, 6.07) is 5.35. The molecule has 1 aromatic carbocycles. The van der Waals surface area contributed by atoms with Gasteiger partial charge >= 0.3 is 0 Å². The van der Waals surface area contributed by atoms with Crippen molar-refractivity contribution in [2.45, 2.75) is 33.4 Å². The number of phenols is 1. The van der Waals surface area contributed by atoms with Gasteiger partial charge in [0.25, 0.3) is 0 Å². The molecule has 0 fully saturated rings. The molecule has 4 heteroatoms. The number of hydrogen-bond donors (Lipinski definition) is 2. The molecule has 2 N–H and O–H groups in total. The third-order valence-electron chi connectivity index (χ3n) is 2.90. The summed E-state index contributed by atoms with van der Waals surface area (Å²) in [5.74, 6) is 0.740. The van der Waals surface area contributed by atoms with E-state index in [1.165, 1.54) is 0 Å². The van der Waals surface area contributed by atoms with E-state index in [-0.39, 0.29) is 11.8 Å². The van der Waals surface area contributed by atoms with E-state index in [1.54, 1.807) is 18.2 Å². The predicted molar refractivity (Wildman–Crippen MR) is 75.1 cm³/mol. The number of halogens is 1. The second-order valence-electron chi connectivity index (χ2n) is 4.66. The largest absolute Gasteiger partial charge is 0.508 e. The molecule has 18 heavy (non-hydrogen) atoms. The number of rotatable bonds is 7. The van der Waals surface area contributed by atoms with Crippen molar-refractivity contribution in [2.75, 3.05) is 13.2 Å². The maximum atomic E-state index is 9.73. The number of benzene rings is 1. The molecule has 0 aliphatic carbocycles. The van der Waals surface area contributed by atoms with E-state index < -0.39 is 0 Å². The Balaban J connectivity index is 2.58. The summed E-state index contributed by atoms with van der Waals surface area (Å²) in [4.78, 5) is 0. The van der Waals surface area contributed by atoms with Crippen molar-refractivity contribution in [3.8, 4) is 5.75 Å². The SMILES string of the molecule is CCOCC(NCc1cc(Cl)ccc1O)C(C)C. The second-order valence-corrected chi connectivity index (χ2v) is 5.10. The van der Waals surface area contributed by atoms with Gasteiger partial charge in [0.05, 0.1) is 6.61 Å². The molecule has 1 rings (SSSR count). The maximum absolute atomic E-state index is 9.73. The molecule has 0 saturated heterocycles. The van der Waals surface area contributed by atoms with Crippen LogP contribution in [0.5, 0.6) is 5.75 Å². The van der Waals surface area contributed by atoms with Crippen molar-refractivity contribution in [3.63, 3.8) is 0 Å². The lowest BCUT2D eigenvalue weighted by Gasteiger charge is -2.22. The van der Waals surface area contributed by atoms with Crippen LogP contribution < -0.4 is 5.32 Å². The van der Waals surface area contributed by atoms with Gasteiger partial charge in [0.15, 0.2) is 0 Å². The highest BCUT2D eigenvalue weighted by atomic mass is 35.5. The van der Waals surface area contributed by atoms with E-state index in [0.717, 1.165) is 5.56 Å². The zero-order valence-corrected chi connectivity index (χ0v) is 12.0. The van der Waals surface area contributed by atoms with Crippen molar-refractivity contribution >= 4 is 11.6 Å². The topological polar surface area (TPSA) is 41.5 Å². The Hall–Kier alpha value is -0.770. The van der Waals surface area contributed by atoms with E-state index in [4.69, 9.17) is 16.3 Å². The minimum Gasteiger partial charge on any atom is -0.508 e. The predicted octanol–water partition coefficient (Wildman–Crippen LogP) is 3.20. The van der Waals surface area contributed by atoms with Crippen molar-refractivity contribution in [2.24, 2.45) is 5.92 Å². The first-order valence-electron chi connectivity index (χ1n) is 6.33. The lowest BCUT2D eigenvalue weighted by Crippen LogP contribution is -2.37. The molecular formula is C14H22ClNO2. The molecule has 0 aliphatic heterocycles. The molecule has 0 aromatic heterocycles. The first-order chi connectivity index (χ1) is 8.54. The Morgan fingerprint density at radius 2 is 2.11 bits per heavy atom. The molecular weight excluding hydrogens is 250 g/mol. The molecule has 1 aromatic rings. The lowest BCUT2D eigenvalue weighted by atomic mass is 10.0. The third-order valence-corrected chi connectivity index (χ3v) is 3.14. The Kier molecular flexibility index (Phi) is 6.47. The van der Waals surface area contributed by atoms with Crippen LogP contribution in [0.1, 0.15) is 26.3 Å². The van der Waals surface area contributed by atoms with Crippen LogP contribution in [0.3, 0.4) is 0 Å². The first kappa shape index (κ1) is 15.3. The summed E-state index contributed by atoms with van der Waals surface area (Å²) in [7, 11) is 0. The normalized spacial score (nSPS) is 12.9. The second kappa shape index (κ2) is 7.62. The minimum absolute atomic E-state index is 0.267. The van der Waals surface area contributed by atoms with Crippen LogP contribution in [0.4, 0.5) is 0 Å². The van der Waals surface area contributed by atoms with Gasteiger partial charge in [0, 0.05) is 29.8 Å². The summed E-state index contributed by atoms with van der Waals surface area (Å²) in [6.07, 6.45) is 0. The smallest absolute Gasteiger partial charge is 0.120 e. The van der Waals surface area contributed by atoms with Crippen LogP contribution in [-0.4, -0.2) is 24.4 Å². The standard InChI is InChI=1S/C14H22ClNO2/c1-4-18-9-13(10(2)3)16-8-11-7-12(15)5-6-14(11)17/h5-7,10,13,16-17H,4,8-9H2,1-3H3. The average Bonchev–Trinajstić information content (AvgIpc) is 2.33. The van der Waals surface area contributed by atoms with E-state index in [9.17, 15) is 5.11 Å². The fourth-order valence-corrected chi connectivity index (χ4v) is 1.86. The van der Waals surface area contributed by atoms with Crippen molar-refractivity contribution in [3.05, 3.63) is 28.8 Å². The average molecular weight is 272 g/mol. The first-order valence-corrected chi connectivity index (χ1v) is 6.71. The number of nitrogens with one attached hydrogen (secondary N) is 1. The highest BCUT2D eigenvalue weighted by Gasteiger charge is 2.13. The van der Waals surface area contributed by atoms with Gasteiger partial charge in [0.1, 0.15) is 5.75 Å². The summed E-state index contributed by atoms with van der Waals surface area (Å²) < 4.78 is 5.45. The molecule has 102 valence electrons. The Morgan fingerprint density at radius 3 is 2.72 bits per heavy atom. The molecule has 0 radical (unpaired) electrons. The molecule has 0 spiro atoms. The highest BCUT2D eigenvalue weighted by molar-refractivity contribution is 6.30. The van der Waals surface area contributed by atoms with Crippen LogP contribution in [0, 0.1) is 5.92 Å². The fourth-order valence-electron chi connectivity index (χ4n) is 1.67. The zero-order chi connectivity index (χ0) is 13.5. The van der Waals surface area contributed by atoms with Gasteiger partial charge in [-0.15, -0.1) is 0 Å². The maximum Gasteiger partial charge on any atom is 0.120 e. The summed E-state index contributed by atoms with van der Waals surface area (Å²) in [5.41, 5.74) is 0.810. The molecule has 1 atom stereocenters. The van der Waals surface area contributed by atoms with Crippen molar-refractivity contribution in [1.82, 2.24) is 5.32 Å². The molecule has 0 amide bonds. The van der Waals surface area contributed by atoms with Gasteiger partial charge in [-0.2, -0.15) is 0 Å². The number of aromatic hydroxyl groups is 1. The number of phenolic OH excluding ortho intramolecular Hbond substituents is 1. The zero-order valence-electron chi connectivity index (χ0n) is 11.2. The quantitative estimate of drug-likeness (QED) is 0.800. The van der Waals surface area contributed by atoms with Gasteiger partial charge in [-0.1, -0.05) is 25.4 Å². The number of hydrogen-bond acceptors (Lipinski definition) is 3. The molecule has 0 bridgehead atoms. The van der Waals surface area contributed by atoms with Gasteiger partial charge in [-0.25, -0.2) is 0 Å². The lowest BCUT2D eigenvalue weighted by molar-refractivity contribution is 0.107. The van der Waals surface area contributed by atoms with Crippen molar-refractivity contribution < 1.29 is 9.84 Å². The van der Waals surface area contributed by atoms with Crippen LogP contribution in [-0.2, 0) is 11.3 Å². The highest BCUT2D eigenvalue weighted by Crippen LogP contribution is 2.21. The third kappa shape index (κ3) is 4.84.